The van der Waals surface area contributed by atoms with Crippen molar-refractivity contribution in [2.75, 3.05) is 13.2 Å². The van der Waals surface area contributed by atoms with E-state index in [1.807, 2.05) is 28.9 Å². The highest BCUT2D eigenvalue weighted by atomic mass is 35.5. The summed E-state index contributed by atoms with van der Waals surface area (Å²) in [5.41, 5.74) is 3.92. The third kappa shape index (κ3) is 2.17. The van der Waals surface area contributed by atoms with Crippen molar-refractivity contribution in [3.63, 3.8) is 0 Å². The molecule has 0 N–H and O–H groups in total. The zero-order chi connectivity index (χ0) is 15.2. The van der Waals surface area contributed by atoms with E-state index < -0.39 is 5.79 Å². The molecule has 1 spiro atoms. The van der Waals surface area contributed by atoms with Gasteiger partial charge in [0.1, 0.15) is 5.69 Å². The number of hydrogen-bond donors (Lipinski definition) is 0. The minimum Gasteiger partial charge on any atom is -0.345 e. The fourth-order valence-corrected chi connectivity index (χ4v) is 3.71. The van der Waals surface area contributed by atoms with E-state index >= 15 is 0 Å². The van der Waals surface area contributed by atoms with E-state index in [-0.39, 0.29) is 0 Å². The highest BCUT2D eigenvalue weighted by Gasteiger charge is 2.47. The van der Waals surface area contributed by atoms with E-state index in [4.69, 9.17) is 32.7 Å². The summed E-state index contributed by atoms with van der Waals surface area (Å²) in [5, 5.41) is 5.35. The second-order valence-electron chi connectivity index (χ2n) is 5.60. The molecule has 2 aromatic rings. The first-order valence-corrected chi connectivity index (χ1v) is 8.36. The largest absolute Gasteiger partial charge is 0.345 e. The fourth-order valence-electron chi connectivity index (χ4n) is 3.32. The lowest BCUT2D eigenvalue weighted by atomic mass is 10.1. The average Bonchev–Trinajstić information content (AvgIpc) is 3.08. The lowest BCUT2D eigenvalue weighted by molar-refractivity contribution is -0.277. The lowest BCUT2D eigenvalue weighted by Gasteiger charge is -2.34. The Morgan fingerprint density at radius 3 is 2.82 bits per heavy atom. The summed E-state index contributed by atoms with van der Waals surface area (Å²) in [6, 6.07) is 7.63. The Balaban J connectivity index is 1.90. The molecule has 1 fully saturated rings. The van der Waals surface area contributed by atoms with Crippen LogP contribution in [0.2, 0.25) is 5.02 Å². The maximum atomic E-state index is 6.13. The van der Waals surface area contributed by atoms with E-state index in [1.165, 1.54) is 0 Å². The predicted octanol–water partition coefficient (Wildman–Crippen LogP) is 3.80. The highest BCUT2D eigenvalue weighted by Crippen LogP contribution is 2.45. The minimum absolute atomic E-state index is 0.381. The van der Waals surface area contributed by atoms with Crippen molar-refractivity contribution in [1.29, 1.82) is 0 Å². The quantitative estimate of drug-likeness (QED) is 0.781. The van der Waals surface area contributed by atoms with E-state index in [9.17, 15) is 0 Å². The molecular weight excluding hydrogens is 323 g/mol. The van der Waals surface area contributed by atoms with Crippen LogP contribution in [0.3, 0.4) is 0 Å². The second-order valence-corrected chi connectivity index (χ2v) is 6.31. The summed E-state index contributed by atoms with van der Waals surface area (Å²) in [6.07, 6.45) is 2.60. The highest BCUT2D eigenvalue weighted by molar-refractivity contribution is 6.30. The summed E-state index contributed by atoms with van der Waals surface area (Å²) >= 11 is 12.2. The zero-order valence-electron chi connectivity index (χ0n) is 12.0. The van der Waals surface area contributed by atoms with Gasteiger partial charge < -0.3 is 9.47 Å². The van der Waals surface area contributed by atoms with Crippen LogP contribution in [0.4, 0.5) is 0 Å². The summed E-state index contributed by atoms with van der Waals surface area (Å²) < 4.78 is 14.0. The van der Waals surface area contributed by atoms with Crippen LogP contribution in [0.5, 0.6) is 0 Å². The summed E-state index contributed by atoms with van der Waals surface area (Å²) in [4.78, 5) is 0. The monoisotopic (exact) mass is 338 g/mol. The molecule has 116 valence electrons. The Labute approximate surface area is 138 Å². The summed E-state index contributed by atoms with van der Waals surface area (Å²) in [5.74, 6) is -0.306. The van der Waals surface area contributed by atoms with Gasteiger partial charge in [-0.1, -0.05) is 17.7 Å². The molecule has 4 rings (SSSR count). The van der Waals surface area contributed by atoms with Gasteiger partial charge in [0.2, 0.25) is 5.79 Å². The number of halogens is 2. The van der Waals surface area contributed by atoms with Gasteiger partial charge in [0.05, 0.1) is 30.5 Å². The van der Waals surface area contributed by atoms with E-state index in [2.05, 4.69) is 5.10 Å². The van der Waals surface area contributed by atoms with Gasteiger partial charge in [0.15, 0.2) is 0 Å². The number of nitrogens with zero attached hydrogens (tertiary/aromatic N) is 2. The molecule has 4 nitrogen and oxygen atoms in total. The van der Waals surface area contributed by atoms with Crippen LogP contribution in [-0.4, -0.2) is 23.0 Å². The molecule has 22 heavy (non-hydrogen) atoms. The Bertz CT molecular complexity index is 708. The van der Waals surface area contributed by atoms with Crippen molar-refractivity contribution < 1.29 is 9.47 Å². The number of aromatic nitrogens is 2. The number of benzene rings is 1. The molecule has 6 heteroatoms. The molecule has 0 saturated carbocycles. The van der Waals surface area contributed by atoms with Crippen LogP contribution in [0.1, 0.15) is 29.8 Å². The Kier molecular flexibility index (Phi) is 3.65. The normalized spacial score (nSPS) is 19.5. The molecular formula is C16H16Cl2N2O2. The molecule has 1 aliphatic carbocycles. The molecule has 0 radical (unpaired) electrons. The van der Waals surface area contributed by atoms with E-state index in [0.717, 1.165) is 41.9 Å². The van der Waals surface area contributed by atoms with Crippen LogP contribution >= 0.6 is 23.2 Å². The molecule has 1 aliphatic heterocycles. The van der Waals surface area contributed by atoms with Gasteiger partial charge in [-0.25, -0.2) is 4.68 Å². The fraction of sp³-hybridized carbons (Fsp3) is 0.438. The van der Waals surface area contributed by atoms with Crippen LogP contribution in [-0.2, 0) is 27.6 Å². The van der Waals surface area contributed by atoms with Gasteiger partial charge in [-0.05, 0) is 31.0 Å². The van der Waals surface area contributed by atoms with Gasteiger partial charge in [-0.3, -0.25) is 0 Å². The maximum Gasteiger partial charge on any atom is 0.213 e. The van der Waals surface area contributed by atoms with Gasteiger partial charge in [-0.2, -0.15) is 5.10 Å². The zero-order valence-corrected chi connectivity index (χ0v) is 13.5. The smallest absolute Gasteiger partial charge is 0.213 e. The third-order valence-corrected chi connectivity index (χ3v) is 4.76. The van der Waals surface area contributed by atoms with E-state index in [1.54, 1.807) is 0 Å². The van der Waals surface area contributed by atoms with Crippen molar-refractivity contribution >= 4 is 23.2 Å². The molecule has 2 aliphatic rings. The first-order chi connectivity index (χ1) is 10.7. The molecule has 2 heterocycles. The third-order valence-electron chi connectivity index (χ3n) is 4.27. The minimum atomic E-state index is -0.687. The molecule has 1 aromatic carbocycles. The van der Waals surface area contributed by atoms with E-state index in [0.29, 0.717) is 24.1 Å². The van der Waals surface area contributed by atoms with Crippen LogP contribution < -0.4 is 0 Å². The van der Waals surface area contributed by atoms with Gasteiger partial charge in [0, 0.05) is 17.0 Å². The molecule has 1 aromatic heterocycles. The molecule has 0 unspecified atom stereocenters. The molecule has 0 bridgehead atoms. The maximum absolute atomic E-state index is 6.13. The van der Waals surface area contributed by atoms with Crippen LogP contribution in [0.15, 0.2) is 24.3 Å². The van der Waals surface area contributed by atoms with Crippen molar-refractivity contribution in [2.24, 2.45) is 0 Å². The number of alkyl halides is 1. The van der Waals surface area contributed by atoms with Gasteiger partial charge >= 0.3 is 0 Å². The van der Waals surface area contributed by atoms with Gasteiger partial charge in [-0.15, -0.1) is 11.6 Å². The topological polar surface area (TPSA) is 36.3 Å². The van der Waals surface area contributed by atoms with Crippen molar-refractivity contribution in [2.45, 2.75) is 30.9 Å². The number of fused-ring (bicyclic) bond motifs is 2. The van der Waals surface area contributed by atoms with Crippen molar-refractivity contribution in [3.05, 3.63) is 46.2 Å². The average molecular weight is 339 g/mol. The number of rotatable bonds is 2. The molecule has 1 saturated heterocycles. The Morgan fingerprint density at radius 2 is 2.09 bits per heavy atom. The molecule has 0 amide bonds. The number of ether oxygens (including phenoxy) is 2. The standard InChI is InChI=1S/C16H16Cl2N2O2/c17-10-14-13-5-6-16(21-7-2-8-22-16)15(13)20(19-14)12-4-1-3-11(18)9-12/h1,3-4,9H,2,5-8,10H2. The summed E-state index contributed by atoms with van der Waals surface area (Å²) in [6.45, 7) is 1.41. The van der Waals surface area contributed by atoms with Crippen molar-refractivity contribution in [3.8, 4) is 5.69 Å². The van der Waals surface area contributed by atoms with Crippen molar-refractivity contribution in [1.82, 2.24) is 9.78 Å². The summed E-state index contributed by atoms with van der Waals surface area (Å²) in [7, 11) is 0. The SMILES string of the molecule is ClCc1nn(-c2cccc(Cl)c2)c2c1CCC21OCCCO1. The first-order valence-electron chi connectivity index (χ1n) is 7.44. The number of hydrogen-bond acceptors (Lipinski definition) is 3. The first kappa shape index (κ1) is 14.5. The Hall–Kier alpha value is -1.07. The second kappa shape index (κ2) is 5.53. The molecule has 0 atom stereocenters. The van der Waals surface area contributed by atoms with Crippen LogP contribution in [0, 0.1) is 0 Å². The predicted molar refractivity (Wildman–Crippen MR) is 84.7 cm³/mol. The lowest BCUT2D eigenvalue weighted by Crippen LogP contribution is -2.37. The van der Waals surface area contributed by atoms with Crippen LogP contribution in [0.25, 0.3) is 5.69 Å². The Morgan fingerprint density at radius 1 is 1.27 bits per heavy atom. The van der Waals surface area contributed by atoms with Gasteiger partial charge in [0.25, 0.3) is 0 Å².